The monoisotopic (exact) mass is 404 g/mol. The topological polar surface area (TPSA) is 91.2 Å². The van der Waals surface area contributed by atoms with E-state index in [1.54, 1.807) is 12.1 Å². The summed E-state index contributed by atoms with van der Waals surface area (Å²) in [5.74, 6) is -0.112. The number of halogens is 3. The van der Waals surface area contributed by atoms with Gasteiger partial charge in [0.2, 0.25) is 0 Å². The lowest BCUT2D eigenvalue weighted by Gasteiger charge is -2.29. The minimum absolute atomic E-state index is 0.110. The Morgan fingerprint density at radius 3 is 2.59 bits per heavy atom. The quantitative estimate of drug-likeness (QED) is 0.608. The number of aromatic hydroxyl groups is 1. The molecule has 0 spiro atoms. The van der Waals surface area contributed by atoms with Gasteiger partial charge in [0.15, 0.2) is 5.82 Å². The molecule has 2 unspecified atom stereocenters. The Hall–Kier alpha value is -2.94. The van der Waals surface area contributed by atoms with Crippen LogP contribution in [0.3, 0.4) is 0 Å². The van der Waals surface area contributed by atoms with Crippen LogP contribution in [-0.4, -0.2) is 37.5 Å². The second-order valence-electron chi connectivity index (χ2n) is 7.13. The van der Waals surface area contributed by atoms with Gasteiger partial charge in [0.05, 0.1) is 17.7 Å². The van der Waals surface area contributed by atoms with Gasteiger partial charge in [-0.2, -0.15) is 13.2 Å². The first kappa shape index (κ1) is 19.4. The number of hydrogen-bond acceptors (Lipinski definition) is 6. The molecule has 0 radical (unpaired) electrons. The zero-order chi connectivity index (χ0) is 20.6. The summed E-state index contributed by atoms with van der Waals surface area (Å²) < 4.78 is 38.6. The maximum atomic E-state index is 12.9. The first-order chi connectivity index (χ1) is 13.8. The van der Waals surface area contributed by atoms with E-state index in [4.69, 9.17) is 0 Å². The number of fused-ring (bicyclic) bond motifs is 1. The van der Waals surface area contributed by atoms with Gasteiger partial charge in [-0.25, -0.2) is 0 Å². The van der Waals surface area contributed by atoms with Crippen LogP contribution in [0.5, 0.6) is 5.75 Å². The van der Waals surface area contributed by atoms with Gasteiger partial charge in [-0.15, -0.1) is 10.2 Å². The average Bonchev–Trinajstić information content (AvgIpc) is 2.69. The summed E-state index contributed by atoms with van der Waals surface area (Å²) in [6.07, 6.45) is -0.0409. The van der Waals surface area contributed by atoms with E-state index in [-0.39, 0.29) is 17.3 Å². The number of rotatable bonds is 3. The number of nitrogens with one attached hydrogen (secondary N) is 1. The minimum Gasteiger partial charge on any atom is -0.507 e. The van der Waals surface area contributed by atoms with Crippen molar-refractivity contribution in [3.8, 4) is 17.0 Å². The van der Waals surface area contributed by atoms with Gasteiger partial charge in [0.1, 0.15) is 17.0 Å². The third-order valence-corrected chi connectivity index (χ3v) is 5.17. The lowest BCUT2D eigenvalue weighted by atomic mass is 9.92. The highest BCUT2D eigenvalue weighted by Crippen LogP contribution is 2.38. The van der Waals surface area contributed by atoms with E-state index in [1.165, 1.54) is 6.20 Å². The Labute approximate surface area is 164 Å². The summed E-state index contributed by atoms with van der Waals surface area (Å²) in [7, 11) is 0. The molecule has 1 aromatic carbocycles. The maximum Gasteiger partial charge on any atom is 0.416 e. The number of hydrogen-bond donors (Lipinski definition) is 3. The number of nitrogens with zero attached hydrogens (tertiary/aromatic N) is 3. The predicted molar refractivity (Wildman–Crippen MR) is 101 cm³/mol. The SMILES string of the molecule is Oc1cc(C(F)(F)F)ccc1-c1nnc(NC2CCCCC2O)c2cccnc12. The van der Waals surface area contributed by atoms with Crippen molar-refractivity contribution < 1.29 is 23.4 Å². The summed E-state index contributed by atoms with van der Waals surface area (Å²) in [5.41, 5.74) is -0.265. The molecule has 2 aromatic heterocycles. The largest absolute Gasteiger partial charge is 0.507 e. The first-order valence-electron chi connectivity index (χ1n) is 9.31. The fourth-order valence-electron chi connectivity index (χ4n) is 3.64. The van der Waals surface area contributed by atoms with Crippen molar-refractivity contribution in [3.63, 3.8) is 0 Å². The van der Waals surface area contributed by atoms with Crippen LogP contribution in [0.4, 0.5) is 19.0 Å². The van der Waals surface area contributed by atoms with Crippen molar-refractivity contribution >= 4 is 16.7 Å². The van der Waals surface area contributed by atoms with E-state index in [2.05, 4.69) is 20.5 Å². The zero-order valence-corrected chi connectivity index (χ0v) is 15.3. The lowest BCUT2D eigenvalue weighted by molar-refractivity contribution is -0.137. The molecule has 2 heterocycles. The van der Waals surface area contributed by atoms with Crippen molar-refractivity contribution in [2.45, 2.75) is 44.0 Å². The summed E-state index contributed by atoms with van der Waals surface area (Å²) in [5, 5.41) is 32.5. The summed E-state index contributed by atoms with van der Waals surface area (Å²) in [6.45, 7) is 0. The molecular weight excluding hydrogens is 385 g/mol. The Kier molecular flexibility index (Phi) is 4.99. The van der Waals surface area contributed by atoms with Crippen LogP contribution in [0.1, 0.15) is 31.2 Å². The zero-order valence-electron chi connectivity index (χ0n) is 15.3. The molecule has 3 aromatic rings. The Morgan fingerprint density at radius 1 is 1.07 bits per heavy atom. The molecule has 29 heavy (non-hydrogen) atoms. The molecule has 1 aliphatic rings. The smallest absolute Gasteiger partial charge is 0.416 e. The fraction of sp³-hybridized carbons (Fsp3) is 0.350. The Balaban J connectivity index is 1.76. The van der Waals surface area contributed by atoms with Crippen molar-refractivity contribution in [1.82, 2.24) is 15.2 Å². The molecule has 2 atom stereocenters. The number of alkyl halides is 3. The summed E-state index contributed by atoms with van der Waals surface area (Å²) in [6, 6.07) is 6.02. The normalized spacial score (nSPS) is 20.0. The average molecular weight is 404 g/mol. The number of benzene rings is 1. The van der Waals surface area contributed by atoms with Gasteiger partial charge in [0, 0.05) is 17.1 Å². The molecule has 6 nitrogen and oxygen atoms in total. The van der Waals surface area contributed by atoms with E-state index in [0.29, 0.717) is 29.2 Å². The van der Waals surface area contributed by atoms with Crippen LogP contribution in [0.2, 0.25) is 0 Å². The number of aromatic nitrogens is 3. The summed E-state index contributed by atoms with van der Waals surface area (Å²) >= 11 is 0. The van der Waals surface area contributed by atoms with E-state index >= 15 is 0 Å². The van der Waals surface area contributed by atoms with Crippen LogP contribution in [0.25, 0.3) is 22.2 Å². The molecule has 1 aliphatic carbocycles. The molecular formula is C20H19F3N4O2. The third kappa shape index (κ3) is 3.82. The predicted octanol–water partition coefficient (Wildman–Crippen LogP) is 4.13. The first-order valence-corrected chi connectivity index (χ1v) is 9.31. The highest BCUT2D eigenvalue weighted by molar-refractivity contribution is 5.98. The minimum atomic E-state index is -4.56. The van der Waals surface area contributed by atoms with Crippen molar-refractivity contribution in [1.29, 1.82) is 0 Å². The lowest BCUT2D eigenvalue weighted by Crippen LogP contribution is -2.36. The molecule has 0 aliphatic heterocycles. The van der Waals surface area contributed by atoms with E-state index in [9.17, 15) is 23.4 Å². The molecule has 0 bridgehead atoms. The standard InChI is InChI=1S/C20H19F3N4O2/c21-20(22,23)11-7-8-12(16(29)10-11)18-17-13(4-3-9-24-17)19(27-26-18)25-14-5-1-2-6-15(14)28/h3-4,7-10,14-15,28-29H,1-2,5-6H2,(H,25,27). The Morgan fingerprint density at radius 2 is 1.86 bits per heavy atom. The number of anilines is 1. The van der Waals surface area contributed by atoms with E-state index in [0.717, 1.165) is 31.4 Å². The van der Waals surface area contributed by atoms with Gasteiger partial charge in [0.25, 0.3) is 0 Å². The van der Waals surface area contributed by atoms with Gasteiger partial charge in [-0.3, -0.25) is 4.98 Å². The van der Waals surface area contributed by atoms with Gasteiger partial charge in [-0.05, 0) is 43.2 Å². The Bertz CT molecular complexity index is 1040. The van der Waals surface area contributed by atoms with Gasteiger partial charge in [-0.1, -0.05) is 12.8 Å². The number of pyridine rings is 1. The molecule has 0 amide bonds. The van der Waals surface area contributed by atoms with E-state index < -0.39 is 23.6 Å². The molecule has 3 N–H and O–H groups in total. The van der Waals surface area contributed by atoms with Crippen LogP contribution < -0.4 is 5.32 Å². The molecule has 152 valence electrons. The number of phenolic OH excluding ortho intramolecular Hbond substituents is 1. The number of aliphatic hydroxyl groups is 1. The third-order valence-electron chi connectivity index (χ3n) is 5.17. The fourth-order valence-corrected chi connectivity index (χ4v) is 3.64. The number of phenols is 1. The second kappa shape index (κ2) is 7.47. The highest BCUT2D eigenvalue weighted by atomic mass is 19.4. The van der Waals surface area contributed by atoms with Gasteiger partial charge >= 0.3 is 6.18 Å². The molecule has 1 saturated carbocycles. The molecule has 0 saturated heterocycles. The van der Waals surface area contributed by atoms with Crippen LogP contribution in [-0.2, 0) is 6.18 Å². The molecule has 1 fully saturated rings. The van der Waals surface area contributed by atoms with Crippen LogP contribution in [0, 0.1) is 0 Å². The molecule has 4 rings (SSSR count). The van der Waals surface area contributed by atoms with E-state index in [1.807, 2.05) is 0 Å². The highest BCUT2D eigenvalue weighted by Gasteiger charge is 2.31. The van der Waals surface area contributed by atoms with Gasteiger partial charge < -0.3 is 15.5 Å². The number of aliphatic hydroxyl groups excluding tert-OH is 1. The van der Waals surface area contributed by atoms with Crippen molar-refractivity contribution in [3.05, 3.63) is 42.1 Å². The summed E-state index contributed by atoms with van der Waals surface area (Å²) in [4.78, 5) is 4.30. The maximum absolute atomic E-state index is 12.9. The second-order valence-corrected chi connectivity index (χ2v) is 7.13. The van der Waals surface area contributed by atoms with Crippen molar-refractivity contribution in [2.24, 2.45) is 0 Å². The van der Waals surface area contributed by atoms with Crippen LogP contribution in [0.15, 0.2) is 36.5 Å². The molecule has 9 heteroatoms. The van der Waals surface area contributed by atoms with Crippen molar-refractivity contribution in [2.75, 3.05) is 5.32 Å². The van der Waals surface area contributed by atoms with Crippen LogP contribution >= 0.6 is 0 Å².